The molecular formula is C29H35NO8S. The van der Waals surface area contributed by atoms with E-state index in [0.29, 0.717) is 12.0 Å². The summed E-state index contributed by atoms with van der Waals surface area (Å²) in [4.78, 5) is 63.1. The Balaban J connectivity index is 2.06. The quantitative estimate of drug-likeness (QED) is 0.158. The van der Waals surface area contributed by atoms with Crippen LogP contribution in [0.15, 0.2) is 58.3 Å². The van der Waals surface area contributed by atoms with Crippen LogP contribution in [0.5, 0.6) is 0 Å². The fourth-order valence-electron chi connectivity index (χ4n) is 3.55. The molecule has 1 amide bonds. The van der Waals surface area contributed by atoms with Crippen molar-refractivity contribution in [1.29, 1.82) is 0 Å². The first kappa shape index (κ1) is 31.6. The van der Waals surface area contributed by atoms with E-state index in [1.165, 1.54) is 18.7 Å². The number of benzene rings is 2. The molecular weight excluding hydrogens is 522 g/mol. The molecule has 1 N–H and O–H groups in total. The van der Waals surface area contributed by atoms with Gasteiger partial charge in [0.05, 0.1) is 19.1 Å². The van der Waals surface area contributed by atoms with Gasteiger partial charge in [-0.25, -0.2) is 9.59 Å². The Morgan fingerprint density at radius 1 is 0.821 bits per heavy atom. The first-order valence-corrected chi connectivity index (χ1v) is 13.5. The SMILES string of the molecule is CCOC(=O)C(CCc1ccc(Sc2ccc(C(=O)COC(=O)C(C)C)cc2)cc1)(NC(C)=O)C(=O)OCC. The summed E-state index contributed by atoms with van der Waals surface area (Å²) in [5, 5.41) is 2.47. The molecule has 0 aliphatic rings. The number of ether oxygens (including phenoxy) is 3. The number of hydrogen-bond acceptors (Lipinski definition) is 9. The highest BCUT2D eigenvalue weighted by atomic mass is 32.2. The molecule has 0 aliphatic carbocycles. The van der Waals surface area contributed by atoms with Crippen LogP contribution >= 0.6 is 11.8 Å². The molecule has 0 saturated carbocycles. The first-order valence-electron chi connectivity index (χ1n) is 12.7. The summed E-state index contributed by atoms with van der Waals surface area (Å²) in [6, 6.07) is 14.6. The average molecular weight is 558 g/mol. The molecule has 0 saturated heterocycles. The van der Waals surface area contributed by atoms with Crippen LogP contribution in [0.1, 0.15) is 57.0 Å². The average Bonchev–Trinajstić information content (AvgIpc) is 2.90. The van der Waals surface area contributed by atoms with E-state index in [4.69, 9.17) is 14.2 Å². The van der Waals surface area contributed by atoms with Gasteiger partial charge in [0.25, 0.3) is 0 Å². The van der Waals surface area contributed by atoms with E-state index < -0.39 is 29.4 Å². The lowest BCUT2D eigenvalue weighted by molar-refractivity contribution is -0.168. The number of carbonyl (C=O) groups excluding carboxylic acids is 5. The van der Waals surface area contributed by atoms with Gasteiger partial charge in [-0.05, 0) is 56.5 Å². The number of hydrogen-bond donors (Lipinski definition) is 1. The summed E-state index contributed by atoms with van der Waals surface area (Å²) in [5.41, 5.74) is -0.630. The molecule has 0 aromatic heterocycles. The summed E-state index contributed by atoms with van der Waals surface area (Å²) in [7, 11) is 0. The van der Waals surface area contributed by atoms with Crippen molar-refractivity contribution < 1.29 is 38.2 Å². The fraction of sp³-hybridized carbons (Fsp3) is 0.414. The fourth-order valence-corrected chi connectivity index (χ4v) is 4.37. The topological polar surface area (TPSA) is 125 Å². The van der Waals surface area contributed by atoms with Gasteiger partial charge in [-0.2, -0.15) is 0 Å². The maximum absolute atomic E-state index is 12.8. The van der Waals surface area contributed by atoms with Gasteiger partial charge in [0.2, 0.25) is 11.4 Å². The highest BCUT2D eigenvalue weighted by molar-refractivity contribution is 7.99. The molecule has 0 fully saturated rings. The predicted octanol–water partition coefficient (Wildman–Crippen LogP) is 4.15. The van der Waals surface area contributed by atoms with E-state index in [9.17, 15) is 24.0 Å². The molecule has 9 nitrogen and oxygen atoms in total. The lowest BCUT2D eigenvalue weighted by atomic mass is 9.90. The highest BCUT2D eigenvalue weighted by Crippen LogP contribution is 2.29. The maximum atomic E-state index is 12.8. The van der Waals surface area contributed by atoms with Gasteiger partial charge < -0.3 is 19.5 Å². The van der Waals surface area contributed by atoms with Gasteiger partial charge in [0.15, 0.2) is 12.4 Å². The third kappa shape index (κ3) is 9.24. The van der Waals surface area contributed by atoms with Gasteiger partial charge in [-0.1, -0.05) is 49.9 Å². The zero-order valence-electron chi connectivity index (χ0n) is 22.9. The third-order valence-corrected chi connectivity index (χ3v) is 6.59. The number of ketones is 1. The van der Waals surface area contributed by atoms with Gasteiger partial charge in [0, 0.05) is 22.3 Å². The van der Waals surface area contributed by atoms with Crippen molar-refractivity contribution in [3.05, 3.63) is 59.7 Å². The molecule has 10 heteroatoms. The maximum Gasteiger partial charge on any atom is 0.343 e. The summed E-state index contributed by atoms with van der Waals surface area (Å²) < 4.78 is 15.2. The molecule has 0 unspecified atom stereocenters. The van der Waals surface area contributed by atoms with Crippen LogP contribution in [0.4, 0.5) is 0 Å². The second-order valence-corrected chi connectivity index (χ2v) is 10.1. The van der Waals surface area contributed by atoms with Crippen LogP contribution in [-0.4, -0.2) is 55.0 Å². The van der Waals surface area contributed by atoms with Gasteiger partial charge >= 0.3 is 17.9 Å². The van der Waals surface area contributed by atoms with Crippen LogP contribution in [0, 0.1) is 5.92 Å². The monoisotopic (exact) mass is 557 g/mol. The number of aryl methyl sites for hydroxylation is 1. The minimum Gasteiger partial charge on any atom is -0.464 e. The van der Waals surface area contributed by atoms with Crippen molar-refractivity contribution in [1.82, 2.24) is 5.32 Å². The third-order valence-electron chi connectivity index (χ3n) is 5.58. The molecule has 39 heavy (non-hydrogen) atoms. The molecule has 0 heterocycles. The number of esters is 3. The number of carbonyl (C=O) groups is 5. The van der Waals surface area contributed by atoms with Crippen LogP contribution in [0.25, 0.3) is 0 Å². The number of amides is 1. The number of nitrogens with one attached hydrogen (secondary N) is 1. The summed E-state index contributed by atoms with van der Waals surface area (Å²) in [5.74, 6) is -3.24. The molecule has 0 bridgehead atoms. The molecule has 0 atom stereocenters. The second kappa shape index (κ2) is 15.1. The lowest BCUT2D eigenvalue weighted by Gasteiger charge is -2.29. The van der Waals surface area contributed by atoms with E-state index in [-0.39, 0.29) is 37.9 Å². The van der Waals surface area contributed by atoms with Crippen molar-refractivity contribution in [3.63, 3.8) is 0 Å². The molecule has 0 spiro atoms. The summed E-state index contributed by atoms with van der Waals surface area (Å²) in [6.07, 6.45) is 0.278. The van der Waals surface area contributed by atoms with Crippen molar-refractivity contribution in [3.8, 4) is 0 Å². The molecule has 2 aromatic carbocycles. The zero-order valence-corrected chi connectivity index (χ0v) is 23.7. The van der Waals surface area contributed by atoms with E-state index in [1.807, 2.05) is 36.4 Å². The molecule has 210 valence electrons. The Morgan fingerprint density at radius 3 is 1.79 bits per heavy atom. The Hall–Kier alpha value is -3.66. The Bertz CT molecular complexity index is 1140. The number of rotatable bonds is 14. The minimum atomic E-state index is -1.93. The van der Waals surface area contributed by atoms with Crippen LogP contribution < -0.4 is 5.32 Å². The summed E-state index contributed by atoms with van der Waals surface area (Å²) >= 11 is 1.49. The minimum absolute atomic E-state index is 0.0291. The zero-order chi connectivity index (χ0) is 29.0. The highest BCUT2D eigenvalue weighted by Gasteiger charge is 2.49. The first-order chi connectivity index (χ1) is 18.5. The normalized spacial score (nSPS) is 11.0. The van der Waals surface area contributed by atoms with Crippen molar-refractivity contribution in [2.75, 3.05) is 19.8 Å². The molecule has 2 aromatic rings. The summed E-state index contributed by atoms with van der Waals surface area (Å²) in [6.45, 7) is 7.68. The van der Waals surface area contributed by atoms with Crippen molar-refractivity contribution >= 4 is 41.4 Å². The van der Waals surface area contributed by atoms with E-state index in [2.05, 4.69) is 5.32 Å². The predicted molar refractivity (Wildman–Crippen MR) is 145 cm³/mol. The van der Waals surface area contributed by atoms with Crippen LogP contribution in [0.3, 0.4) is 0 Å². The molecule has 2 rings (SSSR count). The van der Waals surface area contributed by atoms with E-state index >= 15 is 0 Å². The van der Waals surface area contributed by atoms with E-state index in [1.54, 1.807) is 39.8 Å². The molecule has 0 aliphatic heterocycles. The number of Topliss-reactive ketones (excluding diaryl/α,β-unsaturated/α-hetero) is 1. The van der Waals surface area contributed by atoms with Gasteiger partial charge in [0.1, 0.15) is 0 Å². The van der Waals surface area contributed by atoms with Crippen molar-refractivity contribution in [2.24, 2.45) is 5.92 Å². The largest absolute Gasteiger partial charge is 0.464 e. The lowest BCUT2D eigenvalue weighted by Crippen LogP contribution is -2.61. The van der Waals surface area contributed by atoms with Crippen LogP contribution in [-0.2, 0) is 39.8 Å². The Morgan fingerprint density at radius 2 is 1.33 bits per heavy atom. The van der Waals surface area contributed by atoms with E-state index in [0.717, 1.165) is 15.4 Å². The van der Waals surface area contributed by atoms with Crippen molar-refractivity contribution in [2.45, 2.75) is 62.8 Å². The van der Waals surface area contributed by atoms with Gasteiger partial charge in [-0.15, -0.1) is 0 Å². The Kier molecular flexibility index (Phi) is 12.2. The Labute approximate surface area is 233 Å². The van der Waals surface area contributed by atoms with Crippen LogP contribution in [0.2, 0.25) is 0 Å². The molecule has 0 radical (unpaired) electrons. The smallest absolute Gasteiger partial charge is 0.343 e. The second-order valence-electron chi connectivity index (χ2n) is 8.98. The van der Waals surface area contributed by atoms with Gasteiger partial charge in [-0.3, -0.25) is 14.4 Å². The standard InChI is InChI=1S/C29H35NO8S/c1-6-36-27(34)29(30-20(5)31,28(35)37-7-2)17-16-21-8-12-23(13-9-21)39-24-14-10-22(11-15-24)25(32)18-38-26(33)19(3)4/h8-15,19H,6-7,16-18H2,1-5H3,(H,30,31).